The third-order valence-electron chi connectivity index (χ3n) is 4.39. The van der Waals surface area contributed by atoms with Gasteiger partial charge in [0.05, 0.1) is 6.61 Å². The van der Waals surface area contributed by atoms with Crippen LogP contribution in [-0.4, -0.2) is 35.3 Å². The molecule has 0 radical (unpaired) electrons. The van der Waals surface area contributed by atoms with E-state index in [0.29, 0.717) is 18.4 Å². The molecule has 2 atom stereocenters. The predicted molar refractivity (Wildman–Crippen MR) is 106 cm³/mol. The van der Waals surface area contributed by atoms with Crippen LogP contribution in [0.1, 0.15) is 35.7 Å². The molecular weight excluding hydrogens is 363 g/mol. The van der Waals surface area contributed by atoms with Gasteiger partial charge in [0.15, 0.2) is 5.78 Å². The fourth-order valence-corrected chi connectivity index (χ4v) is 5.40. The van der Waals surface area contributed by atoms with Gasteiger partial charge in [0.25, 0.3) is 0 Å². The number of aliphatic carboxylic acids is 1. The van der Waals surface area contributed by atoms with Crippen molar-refractivity contribution in [3.63, 3.8) is 0 Å². The van der Waals surface area contributed by atoms with Crippen LogP contribution in [-0.2, 0) is 20.3 Å². The molecule has 2 unspecified atom stereocenters. The van der Waals surface area contributed by atoms with Crippen molar-refractivity contribution in [1.82, 2.24) is 0 Å². The molecule has 0 spiro atoms. The van der Waals surface area contributed by atoms with Gasteiger partial charge in [-0.3, -0.25) is 14.2 Å². The first-order valence-corrected chi connectivity index (χ1v) is 10.9. The van der Waals surface area contributed by atoms with E-state index in [1.807, 2.05) is 36.4 Å². The van der Waals surface area contributed by atoms with Gasteiger partial charge in [-0.05, 0) is 25.3 Å². The van der Waals surface area contributed by atoms with Gasteiger partial charge in [0.2, 0.25) is 7.37 Å². The van der Waals surface area contributed by atoms with E-state index in [4.69, 9.17) is 4.52 Å². The molecule has 0 amide bonds. The lowest BCUT2D eigenvalue weighted by molar-refractivity contribution is -0.134. The highest BCUT2D eigenvalue weighted by Crippen LogP contribution is 2.54. The zero-order valence-corrected chi connectivity index (χ0v) is 16.3. The second-order valence-electron chi connectivity index (χ2n) is 6.37. The van der Waals surface area contributed by atoms with E-state index in [1.54, 1.807) is 31.2 Å². The Morgan fingerprint density at radius 3 is 2.19 bits per heavy atom. The predicted octanol–water partition coefficient (Wildman–Crippen LogP) is 4.66. The zero-order valence-electron chi connectivity index (χ0n) is 15.4. The summed E-state index contributed by atoms with van der Waals surface area (Å²) in [5.74, 6) is -1.33. The van der Waals surface area contributed by atoms with Gasteiger partial charge in [-0.1, -0.05) is 60.7 Å². The Labute approximate surface area is 159 Å². The topological polar surface area (TPSA) is 80.7 Å². The van der Waals surface area contributed by atoms with Crippen molar-refractivity contribution >= 4 is 19.1 Å². The number of carboxylic acids is 1. The van der Waals surface area contributed by atoms with Crippen LogP contribution in [0.25, 0.3) is 0 Å². The van der Waals surface area contributed by atoms with Crippen molar-refractivity contribution < 1.29 is 23.8 Å². The molecule has 2 rings (SSSR count). The van der Waals surface area contributed by atoms with E-state index in [9.17, 15) is 19.3 Å². The van der Waals surface area contributed by atoms with Gasteiger partial charge in [-0.15, -0.1) is 0 Å². The van der Waals surface area contributed by atoms with E-state index in [1.165, 1.54) is 0 Å². The lowest BCUT2D eigenvalue weighted by Crippen LogP contribution is -2.22. The number of Topliss-reactive ketones (excluding diaryl/α,β-unsaturated/α-hetero) is 1. The summed E-state index contributed by atoms with van der Waals surface area (Å²) in [5.41, 5.74) is 0.940. The lowest BCUT2D eigenvalue weighted by atomic mass is 10.0. The van der Waals surface area contributed by atoms with Gasteiger partial charge in [-0.25, -0.2) is 0 Å². The number of carboxylic acid groups (broad SMARTS) is 1. The van der Waals surface area contributed by atoms with Crippen LogP contribution in [0.5, 0.6) is 0 Å². The summed E-state index contributed by atoms with van der Waals surface area (Å²) in [6.45, 7) is 1.83. The number of ketones is 1. The standard InChI is InChI=1S/C21H25O5P/c1-2-26-27(25,16-21(23)24)19(14-13-17-9-5-3-6-10-17)15-20(22)18-11-7-4-8-12-18/h3-12,19H,2,13-16H2,1H3,(H,23,24). The normalized spacial score (nSPS) is 14.3. The summed E-state index contributed by atoms with van der Waals surface area (Å²) in [7, 11) is -3.52. The Balaban J connectivity index is 2.24. The van der Waals surface area contributed by atoms with Crippen molar-refractivity contribution in [2.24, 2.45) is 0 Å². The molecular formula is C21H25O5P. The van der Waals surface area contributed by atoms with E-state index >= 15 is 0 Å². The molecule has 0 aliphatic heterocycles. The Kier molecular flexibility index (Phi) is 7.96. The maximum atomic E-state index is 13.4. The molecule has 0 aliphatic carbocycles. The molecule has 144 valence electrons. The minimum absolute atomic E-state index is 0.00139. The molecule has 0 aliphatic rings. The van der Waals surface area contributed by atoms with Crippen LogP contribution in [0.2, 0.25) is 0 Å². The molecule has 6 heteroatoms. The number of hydrogen-bond donors (Lipinski definition) is 1. The molecule has 2 aromatic rings. The molecule has 0 saturated heterocycles. The van der Waals surface area contributed by atoms with Gasteiger partial charge in [-0.2, -0.15) is 0 Å². The summed E-state index contributed by atoms with van der Waals surface area (Å²) in [4.78, 5) is 24.0. The molecule has 1 N–H and O–H groups in total. The maximum Gasteiger partial charge on any atom is 0.313 e. The minimum atomic E-state index is -3.52. The van der Waals surface area contributed by atoms with Crippen LogP contribution in [0, 0.1) is 0 Å². The minimum Gasteiger partial charge on any atom is -0.481 e. The molecule has 27 heavy (non-hydrogen) atoms. The number of carbonyl (C=O) groups is 2. The fourth-order valence-electron chi connectivity index (χ4n) is 3.06. The van der Waals surface area contributed by atoms with Crippen molar-refractivity contribution in [3.05, 3.63) is 71.8 Å². The van der Waals surface area contributed by atoms with Gasteiger partial charge >= 0.3 is 5.97 Å². The molecule has 0 bridgehead atoms. The fraction of sp³-hybridized carbons (Fsp3) is 0.333. The van der Waals surface area contributed by atoms with Crippen LogP contribution in [0.3, 0.4) is 0 Å². The Bertz CT molecular complexity index is 789. The number of benzene rings is 2. The average molecular weight is 388 g/mol. The molecule has 2 aromatic carbocycles. The van der Waals surface area contributed by atoms with Crippen LogP contribution >= 0.6 is 7.37 Å². The Morgan fingerprint density at radius 1 is 1.04 bits per heavy atom. The first-order chi connectivity index (χ1) is 12.9. The van der Waals surface area contributed by atoms with Gasteiger partial charge < -0.3 is 9.63 Å². The first kappa shape index (κ1) is 21.1. The first-order valence-electron chi connectivity index (χ1n) is 9.02. The van der Waals surface area contributed by atoms with Crippen LogP contribution in [0.4, 0.5) is 0 Å². The van der Waals surface area contributed by atoms with Crippen LogP contribution < -0.4 is 0 Å². The number of aryl methyl sites for hydroxylation is 1. The van der Waals surface area contributed by atoms with Crippen LogP contribution in [0.15, 0.2) is 60.7 Å². The monoisotopic (exact) mass is 388 g/mol. The third kappa shape index (κ3) is 6.46. The Morgan fingerprint density at radius 2 is 1.63 bits per heavy atom. The quantitative estimate of drug-likeness (QED) is 0.447. The van der Waals surface area contributed by atoms with E-state index < -0.39 is 25.2 Å². The SMILES string of the molecule is CCOP(=O)(CC(=O)O)C(CCc1ccccc1)CC(=O)c1ccccc1. The van der Waals surface area contributed by atoms with E-state index in [0.717, 1.165) is 5.56 Å². The lowest BCUT2D eigenvalue weighted by Gasteiger charge is -2.26. The highest BCUT2D eigenvalue weighted by Gasteiger charge is 2.37. The highest BCUT2D eigenvalue weighted by molar-refractivity contribution is 7.60. The van der Waals surface area contributed by atoms with E-state index in [2.05, 4.69) is 0 Å². The van der Waals surface area contributed by atoms with Crippen molar-refractivity contribution in [2.75, 3.05) is 12.8 Å². The third-order valence-corrected chi connectivity index (χ3v) is 7.35. The van der Waals surface area contributed by atoms with Crippen molar-refractivity contribution in [3.8, 4) is 0 Å². The average Bonchev–Trinajstić information content (AvgIpc) is 2.66. The Hall–Kier alpha value is -2.23. The summed E-state index contributed by atoms with van der Waals surface area (Å²) < 4.78 is 18.8. The zero-order chi connectivity index (χ0) is 19.7. The summed E-state index contributed by atoms with van der Waals surface area (Å²) >= 11 is 0. The second-order valence-corrected chi connectivity index (χ2v) is 9.12. The molecule has 0 fully saturated rings. The number of rotatable bonds is 11. The maximum absolute atomic E-state index is 13.4. The molecule has 0 heterocycles. The number of carbonyl (C=O) groups excluding carboxylic acids is 1. The van der Waals surface area contributed by atoms with E-state index in [-0.39, 0.29) is 18.8 Å². The van der Waals surface area contributed by atoms with Gasteiger partial charge in [0, 0.05) is 17.6 Å². The summed E-state index contributed by atoms with van der Waals surface area (Å²) in [6, 6.07) is 18.4. The van der Waals surface area contributed by atoms with Crippen molar-refractivity contribution in [2.45, 2.75) is 31.8 Å². The molecule has 0 aromatic heterocycles. The molecule has 5 nitrogen and oxygen atoms in total. The largest absolute Gasteiger partial charge is 0.481 e. The highest BCUT2D eigenvalue weighted by atomic mass is 31.2. The van der Waals surface area contributed by atoms with Crippen molar-refractivity contribution in [1.29, 1.82) is 0 Å². The summed E-state index contributed by atoms with van der Waals surface area (Å²) in [6.07, 6.45) is 0.459. The number of hydrogen-bond acceptors (Lipinski definition) is 4. The molecule has 0 saturated carbocycles. The second kappa shape index (κ2) is 10.2. The smallest absolute Gasteiger partial charge is 0.313 e. The summed E-state index contributed by atoms with van der Waals surface area (Å²) in [5, 5.41) is 9.22. The van der Waals surface area contributed by atoms with Gasteiger partial charge in [0.1, 0.15) is 6.16 Å².